The number of aryl methyl sites for hydroxylation is 3. The van der Waals surface area contributed by atoms with Gasteiger partial charge in [0.25, 0.3) is 0 Å². The SMILES string of the molecule is Cc1cc(C)c(NCCC(=O)Nc2ccc(Br)cc2)c(C)c1. The van der Waals surface area contributed by atoms with E-state index in [0.29, 0.717) is 13.0 Å². The van der Waals surface area contributed by atoms with Gasteiger partial charge in [-0.1, -0.05) is 33.6 Å². The van der Waals surface area contributed by atoms with Crippen molar-refractivity contribution in [3.05, 3.63) is 57.6 Å². The van der Waals surface area contributed by atoms with Gasteiger partial charge in [0.15, 0.2) is 0 Å². The number of hydrogen-bond acceptors (Lipinski definition) is 2. The first-order valence-corrected chi connectivity index (χ1v) is 8.12. The summed E-state index contributed by atoms with van der Waals surface area (Å²) >= 11 is 3.38. The van der Waals surface area contributed by atoms with Crippen molar-refractivity contribution in [3.8, 4) is 0 Å². The third kappa shape index (κ3) is 4.60. The van der Waals surface area contributed by atoms with Crippen LogP contribution < -0.4 is 10.6 Å². The fourth-order valence-electron chi connectivity index (χ4n) is 2.52. The smallest absolute Gasteiger partial charge is 0.226 e. The molecule has 2 N–H and O–H groups in total. The second-order valence-electron chi connectivity index (χ2n) is 5.51. The van der Waals surface area contributed by atoms with E-state index in [1.54, 1.807) is 0 Å². The predicted molar refractivity (Wildman–Crippen MR) is 96.5 cm³/mol. The molecule has 0 fully saturated rings. The summed E-state index contributed by atoms with van der Waals surface area (Å²) in [6, 6.07) is 11.9. The molecule has 2 rings (SSSR count). The maximum absolute atomic E-state index is 11.9. The van der Waals surface area contributed by atoms with Crippen LogP contribution in [0, 0.1) is 20.8 Å². The van der Waals surface area contributed by atoms with Crippen molar-refractivity contribution in [1.82, 2.24) is 0 Å². The molecule has 0 aromatic heterocycles. The van der Waals surface area contributed by atoms with Gasteiger partial charge in [-0.05, 0) is 56.2 Å². The van der Waals surface area contributed by atoms with Crippen molar-refractivity contribution in [2.24, 2.45) is 0 Å². The van der Waals surface area contributed by atoms with Crippen molar-refractivity contribution in [2.75, 3.05) is 17.2 Å². The highest BCUT2D eigenvalue weighted by Crippen LogP contribution is 2.21. The van der Waals surface area contributed by atoms with Crippen molar-refractivity contribution in [3.63, 3.8) is 0 Å². The number of amides is 1. The zero-order valence-corrected chi connectivity index (χ0v) is 14.8. The van der Waals surface area contributed by atoms with Gasteiger partial charge in [-0.3, -0.25) is 4.79 Å². The molecule has 2 aromatic rings. The lowest BCUT2D eigenvalue weighted by molar-refractivity contribution is -0.115. The first-order valence-electron chi connectivity index (χ1n) is 7.33. The summed E-state index contributed by atoms with van der Waals surface area (Å²) < 4.78 is 0.998. The number of carbonyl (C=O) groups excluding carboxylic acids is 1. The van der Waals surface area contributed by atoms with Crippen molar-refractivity contribution >= 4 is 33.2 Å². The van der Waals surface area contributed by atoms with E-state index in [1.807, 2.05) is 24.3 Å². The Morgan fingerprint density at radius 1 is 1.05 bits per heavy atom. The Morgan fingerprint density at radius 3 is 2.23 bits per heavy atom. The molecule has 1 amide bonds. The highest BCUT2D eigenvalue weighted by molar-refractivity contribution is 9.10. The maximum Gasteiger partial charge on any atom is 0.226 e. The summed E-state index contributed by atoms with van der Waals surface area (Å²) in [5.41, 5.74) is 5.63. The Kier molecular flexibility index (Phi) is 5.61. The Balaban J connectivity index is 1.86. The molecule has 2 aromatic carbocycles. The molecule has 0 aliphatic rings. The number of hydrogen-bond donors (Lipinski definition) is 2. The lowest BCUT2D eigenvalue weighted by Gasteiger charge is -2.14. The van der Waals surface area contributed by atoms with E-state index in [0.717, 1.165) is 15.8 Å². The molecule has 0 bridgehead atoms. The Morgan fingerprint density at radius 2 is 1.64 bits per heavy atom. The Bertz CT molecular complexity index is 642. The minimum atomic E-state index is 0.0113. The second-order valence-corrected chi connectivity index (χ2v) is 6.42. The van der Waals surface area contributed by atoms with E-state index in [1.165, 1.54) is 16.7 Å². The van der Waals surface area contributed by atoms with Gasteiger partial charge in [0, 0.05) is 28.8 Å². The topological polar surface area (TPSA) is 41.1 Å². The summed E-state index contributed by atoms with van der Waals surface area (Å²) in [4.78, 5) is 11.9. The number of carbonyl (C=O) groups is 1. The third-order valence-electron chi connectivity index (χ3n) is 3.46. The maximum atomic E-state index is 11.9. The second kappa shape index (κ2) is 7.45. The number of anilines is 2. The molecule has 3 nitrogen and oxygen atoms in total. The van der Waals surface area contributed by atoms with Gasteiger partial charge in [0.2, 0.25) is 5.91 Å². The molecule has 4 heteroatoms. The van der Waals surface area contributed by atoms with Crippen LogP contribution >= 0.6 is 15.9 Å². The van der Waals surface area contributed by atoms with E-state index in [-0.39, 0.29) is 5.91 Å². The standard InChI is InChI=1S/C18H21BrN2O/c1-12-10-13(2)18(14(3)11-12)20-9-8-17(22)21-16-6-4-15(19)5-7-16/h4-7,10-11,20H,8-9H2,1-3H3,(H,21,22). The van der Waals surface area contributed by atoms with Crippen LogP contribution in [-0.2, 0) is 4.79 Å². The van der Waals surface area contributed by atoms with Crippen LogP contribution in [0.3, 0.4) is 0 Å². The van der Waals surface area contributed by atoms with Gasteiger partial charge in [-0.25, -0.2) is 0 Å². The van der Waals surface area contributed by atoms with Crippen LogP contribution in [0.15, 0.2) is 40.9 Å². The fraction of sp³-hybridized carbons (Fsp3) is 0.278. The van der Waals surface area contributed by atoms with Crippen LogP contribution in [0.5, 0.6) is 0 Å². The van der Waals surface area contributed by atoms with E-state index in [9.17, 15) is 4.79 Å². The van der Waals surface area contributed by atoms with Crippen LogP contribution in [0.2, 0.25) is 0 Å². The summed E-state index contributed by atoms with van der Waals surface area (Å²) in [5, 5.41) is 6.26. The first kappa shape index (κ1) is 16.6. The highest BCUT2D eigenvalue weighted by Gasteiger charge is 2.06. The normalized spacial score (nSPS) is 10.4. The molecule has 0 spiro atoms. The fourth-order valence-corrected chi connectivity index (χ4v) is 2.78. The van der Waals surface area contributed by atoms with Gasteiger partial charge < -0.3 is 10.6 Å². The molecule has 0 atom stereocenters. The number of halogens is 1. The van der Waals surface area contributed by atoms with Crippen molar-refractivity contribution in [2.45, 2.75) is 27.2 Å². The molecule has 116 valence electrons. The summed E-state index contributed by atoms with van der Waals surface area (Å²) in [7, 11) is 0. The molecule has 0 aliphatic carbocycles. The minimum Gasteiger partial charge on any atom is -0.384 e. The summed E-state index contributed by atoms with van der Waals surface area (Å²) in [6.45, 7) is 6.89. The van der Waals surface area contributed by atoms with E-state index in [2.05, 4.69) is 59.5 Å². The van der Waals surface area contributed by atoms with Crippen molar-refractivity contribution < 1.29 is 4.79 Å². The largest absolute Gasteiger partial charge is 0.384 e. The highest BCUT2D eigenvalue weighted by atomic mass is 79.9. The first-order chi connectivity index (χ1) is 10.5. The molecular weight excluding hydrogens is 340 g/mol. The lowest BCUT2D eigenvalue weighted by Crippen LogP contribution is -2.16. The molecule has 0 saturated carbocycles. The van der Waals surface area contributed by atoms with Gasteiger partial charge in [0.1, 0.15) is 0 Å². The minimum absolute atomic E-state index is 0.0113. The molecular formula is C18H21BrN2O. The molecule has 0 aliphatic heterocycles. The van der Waals surface area contributed by atoms with Crippen LogP contribution in [0.25, 0.3) is 0 Å². The number of rotatable bonds is 5. The van der Waals surface area contributed by atoms with Crippen LogP contribution in [0.4, 0.5) is 11.4 Å². The Labute approximate surface area is 140 Å². The average molecular weight is 361 g/mol. The summed E-state index contributed by atoms with van der Waals surface area (Å²) in [5.74, 6) is 0.0113. The van der Waals surface area contributed by atoms with Gasteiger partial charge in [-0.15, -0.1) is 0 Å². The lowest BCUT2D eigenvalue weighted by atomic mass is 10.1. The van der Waals surface area contributed by atoms with Crippen LogP contribution in [0.1, 0.15) is 23.1 Å². The summed E-state index contributed by atoms with van der Waals surface area (Å²) in [6.07, 6.45) is 0.433. The van der Waals surface area contributed by atoms with Gasteiger partial charge in [0.05, 0.1) is 0 Å². The number of nitrogens with one attached hydrogen (secondary N) is 2. The third-order valence-corrected chi connectivity index (χ3v) is 3.99. The molecule has 0 saturated heterocycles. The van der Waals surface area contributed by atoms with Gasteiger partial charge in [-0.2, -0.15) is 0 Å². The molecule has 0 unspecified atom stereocenters. The van der Waals surface area contributed by atoms with E-state index >= 15 is 0 Å². The van der Waals surface area contributed by atoms with E-state index < -0.39 is 0 Å². The molecule has 22 heavy (non-hydrogen) atoms. The number of benzene rings is 2. The molecule has 0 radical (unpaired) electrons. The zero-order valence-electron chi connectivity index (χ0n) is 13.2. The van der Waals surface area contributed by atoms with E-state index in [4.69, 9.17) is 0 Å². The van der Waals surface area contributed by atoms with Crippen molar-refractivity contribution in [1.29, 1.82) is 0 Å². The zero-order chi connectivity index (χ0) is 16.1. The van der Waals surface area contributed by atoms with Crippen LogP contribution in [-0.4, -0.2) is 12.5 Å². The predicted octanol–water partition coefficient (Wildman–Crippen LogP) is 4.82. The van der Waals surface area contributed by atoms with Gasteiger partial charge >= 0.3 is 0 Å². The average Bonchev–Trinajstić information content (AvgIpc) is 2.44. The monoisotopic (exact) mass is 360 g/mol. The Hall–Kier alpha value is -1.81. The molecule has 0 heterocycles. The quantitative estimate of drug-likeness (QED) is 0.802.